The first-order valence-corrected chi connectivity index (χ1v) is 3.19. The molecule has 0 rings (SSSR count). The molecular weight excluding hydrogens is 100 g/mol. The van der Waals surface area contributed by atoms with E-state index in [4.69, 9.17) is 5.11 Å². The Morgan fingerprint density at radius 3 is 2.50 bits per heavy atom. The van der Waals surface area contributed by atoms with Crippen LogP contribution in [-0.4, -0.2) is 5.11 Å². The van der Waals surface area contributed by atoms with Gasteiger partial charge in [-0.15, -0.1) is 0 Å². The van der Waals surface area contributed by atoms with E-state index in [0.29, 0.717) is 5.76 Å². The molecule has 1 N–H and O–H groups in total. The van der Waals surface area contributed by atoms with Crippen molar-refractivity contribution in [1.29, 1.82) is 0 Å². The monoisotopic (exact) mass is 114 g/mol. The molecule has 0 bridgehead atoms. The van der Waals surface area contributed by atoms with Gasteiger partial charge in [0.2, 0.25) is 0 Å². The molecule has 0 amide bonds. The van der Waals surface area contributed by atoms with E-state index in [2.05, 4.69) is 6.92 Å². The summed E-state index contributed by atoms with van der Waals surface area (Å²) in [5, 5.41) is 8.85. The molecule has 0 saturated carbocycles. The van der Waals surface area contributed by atoms with Gasteiger partial charge in [-0.05, 0) is 12.5 Å². The second-order valence-electron chi connectivity index (χ2n) is 1.84. The fourth-order valence-corrected chi connectivity index (χ4v) is 0.455. The minimum absolute atomic E-state index is 0.520. The van der Waals surface area contributed by atoms with Gasteiger partial charge < -0.3 is 5.11 Å². The lowest BCUT2D eigenvalue weighted by atomic mass is 10.3. The standard InChI is InChI=1S/C7H14O/c1-3-5-6-7(8)4-2/h6,8H,3-5H2,1-2H3. The van der Waals surface area contributed by atoms with Crippen LogP contribution in [0.2, 0.25) is 0 Å². The fourth-order valence-electron chi connectivity index (χ4n) is 0.455. The summed E-state index contributed by atoms with van der Waals surface area (Å²) < 4.78 is 0. The third-order valence-electron chi connectivity index (χ3n) is 1.03. The van der Waals surface area contributed by atoms with E-state index in [1.807, 2.05) is 13.0 Å². The van der Waals surface area contributed by atoms with Gasteiger partial charge in [0.25, 0.3) is 0 Å². The van der Waals surface area contributed by atoms with Crippen LogP contribution in [-0.2, 0) is 0 Å². The Bertz CT molecular complexity index is 74.5. The van der Waals surface area contributed by atoms with Crippen molar-refractivity contribution in [2.75, 3.05) is 0 Å². The van der Waals surface area contributed by atoms with Gasteiger partial charge in [0.05, 0.1) is 5.76 Å². The molecule has 0 aliphatic rings. The third kappa shape index (κ3) is 3.72. The number of unbranched alkanes of at least 4 members (excludes halogenated alkanes) is 1. The highest BCUT2D eigenvalue weighted by Gasteiger charge is 1.82. The van der Waals surface area contributed by atoms with Gasteiger partial charge in [0, 0.05) is 6.42 Å². The molecular formula is C7H14O. The molecule has 0 aliphatic heterocycles. The lowest BCUT2D eigenvalue weighted by molar-refractivity contribution is 0.391. The first-order chi connectivity index (χ1) is 3.81. The smallest absolute Gasteiger partial charge is 0.0880 e. The predicted molar refractivity (Wildman–Crippen MR) is 35.9 cm³/mol. The molecule has 0 aliphatic carbocycles. The highest BCUT2D eigenvalue weighted by molar-refractivity contribution is 4.88. The second kappa shape index (κ2) is 4.69. The molecule has 0 aromatic heterocycles. The maximum atomic E-state index is 8.85. The Labute approximate surface area is 51.0 Å². The fraction of sp³-hybridized carbons (Fsp3) is 0.714. The summed E-state index contributed by atoms with van der Waals surface area (Å²) in [7, 11) is 0. The zero-order chi connectivity index (χ0) is 6.41. The van der Waals surface area contributed by atoms with Crippen LogP contribution < -0.4 is 0 Å². The SMILES string of the molecule is CCCC=C(O)CC. The average molecular weight is 114 g/mol. The number of rotatable bonds is 3. The summed E-state index contributed by atoms with van der Waals surface area (Å²) in [5.74, 6) is 0.520. The molecule has 1 heteroatoms. The summed E-state index contributed by atoms with van der Waals surface area (Å²) >= 11 is 0. The van der Waals surface area contributed by atoms with Crippen LogP contribution in [0.5, 0.6) is 0 Å². The number of allylic oxidation sites excluding steroid dienone is 2. The van der Waals surface area contributed by atoms with Crippen molar-refractivity contribution in [1.82, 2.24) is 0 Å². The quantitative estimate of drug-likeness (QED) is 0.559. The Balaban J connectivity index is 3.26. The van der Waals surface area contributed by atoms with Crippen molar-refractivity contribution in [3.63, 3.8) is 0 Å². The molecule has 0 unspecified atom stereocenters. The molecule has 0 fully saturated rings. The Morgan fingerprint density at radius 2 is 2.12 bits per heavy atom. The lowest BCUT2D eigenvalue weighted by Crippen LogP contribution is -1.75. The van der Waals surface area contributed by atoms with Crippen molar-refractivity contribution in [3.05, 3.63) is 11.8 Å². The van der Waals surface area contributed by atoms with E-state index in [1.54, 1.807) is 0 Å². The van der Waals surface area contributed by atoms with Gasteiger partial charge in [0.1, 0.15) is 0 Å². The molecule has 0 heterocycles. The maximum Gasteiger partial charge on any atom is 0.0880 e. The largest absolute Gasteiger partial charge is 0.513 e. The molecule has 48 valence electrons. The molecule has 8 heavy (non-hydrogen) atoms. The first kappa shape index (κ1) is 7.54. The summed E-state index contributed by atoms with van der Waals surface area (Å²) in [5.41, 5.74) is 0. The predicted octanol–water partition coefficient (Wildman–Crippen LogP) is 2.64. The van der Waals surface area contributed by atoms with E-state index in [1.165, 1.54) is 0 Å². The van der Waals surface area contributed by atoms with Gasteiger partial charge in [-0.2, -0.15) is 0 Å². The molecule has 0 saturated heterocycles. The van der Waals surface area contributed by atoms with Crippen LogP contribution in [0.25, 0.3) is 0 Å². The van der Waals surface area contributed by atoms with Crippen LogP contribution >= 0.6 is 0 Å². The van der Waals surface area contributed by atoms with Gasteiger partial charge in [-0.25, -0.2) is 0 Å². The zero-order valence-electron chi connectivity index (χ0n) is 5.65. The van der Waals surface area contributed by atoms with E-state index >= 15 is 0 Å². The number of hydrogen-bond donors (Lipinski definition) is 1. The zero-order valence-corrected chi connectivity index (χ0v) is 5.65. The summed E-state index contributed by atoms with van der Waals surface area (Å²) in [6, 6.07) is 0. The Morgan fingerprint density at radius 1 is 1.50 bits per heavy atom. The summed E-state index contributed by atoms with van der Waals surface area (Å²) in [6.45, 7) is 4.04. The van der Waals surface area contributed by atoms with Crippen LogP contribution in [0.1, 0.15) is 33.1 Å². The maximum absolute atomic E-state index is 8.85. The lowest BCUT2D eigenvalue weighted by Gasteiger charge is -1.90. The van der Waals surface area contributed by atoms with Gasteiger partial charge in [0.15, 0.2) is 0 Å². The van der Waals surface area contributed by atoms with Gasteiger partial charge in [-0.1, -0.05) is 20.3 Å². The molecule has 0 aromatic rings. The normalized spacial score (nSPS) is 12.0. The van der Waals surface area contributed by atoms with Gasteiger partial charge >= 0.3 is 0 Å². The highest BCUT2D eigenvalue weighted by atomic mass is 16.3. The van der Waals surface area contributed by atoms with E-state index in [9.17, 15) is 0 Å². The molecule has 0 radical (unpaired) electrons. The van der Waals surface area contributed by atoms with Crippen molar-refractivity contribution in [2.24, 2.45) is 0 Å². The highest BCUT2D eigenvalue weighted by Crippen LogP contribution is 1.97. The van der Waals surface area contributed by atoms with Crippen LogP contribution in [0.15, 0.2) is 11.8 Å². The van der Waals surface area contributed by atoms with E-state index < -0.39 is 0 Å². The Kier molecular flexibility index (Phi) is 4.42. The minimum Gasteiger partial charge on any atom is -0.513 e. The summed E-state index contributed by atoms with van der Waals surface area (Å²) in [4.78, 5) is 0. The topological polar surface area (TPSA) is 20.2 Å². The number of hydrogen-bond acceptors (Lipinski definition) is 1. The van der Waals surface area contributed by atoms with Crippen LogP contribution in [0.4, 0.5) is 0 Å². The minimum atomic E-state index is 0.520. The molecule has 0 atom stereocenters. The molecule has 0 spiro atoms. The van der Waals surface area contributed by atoms with Crippen molar-refractivity contribution < 1.29 is 5.11 Å². The second-order valence-corrected chi connectivity index (χ2v) is 1.84. The average Bonchev–Trinajstić information content (AvgIpc) is 1.83. The van der Waals surface area contributed by atoms with Gasteiger partial charge in [-0.3, -0.25) is 0 Å². The third-order valence-corrected chi connectivity index (χ3v) is 1.03. The van der Waals surface area contributed by atoms with Crippen LogP contribution in [0.3, 0.4) is 0 Å². The van der Waals surface area contributed by atoms with E-state index in [-0.39, 0.29) is 0 Å². The van der Waals surface area contributed by atoms with Crippen molar-refractivity contribution in [2.45, 2.75) is 33.1 Å². The number of aliphatic hydroxyl groups is 1. The van der Waals surface area contributed by atoms with Crippen molar-refractivity contribution >= 4 is 0 Å². The molecule has 1 nitrogen and oxygen atoms in total. The summed E-state index contributed by atoms with van der Waals surface area (Å²) in [6.07, 6.45) is 4.75. The first-order valence-electron chi connectivity index (χ1n) is 3.19. The van der Waals surface area contributed by atoms with E-state index in [0.717, 1.165) is 19.3 Å². The Hall–Kier alpha value is -0.460. The van der Waals surface area contributed by atoms with Crippen molar-refractivity contribution in [3.8, 4) is 0 Å². The van der Waals surface area contributed by atoms with Crippen LogP contribution in [0, 0.1) is 0 Å². The molecule has 0 aromatic carbocycles. The number of aliphatic hydroxyl groups excluding tert-OH is 1.